The molecule has 3 N–H and O–H groups in total. The lowest BCUT2D eigenvalue weighted by Gasteiger charge is -2.45. The van der Waals surface area contributed by atoms with Crippen molar-refractivity contribution in [3.8, 4) is 16.9 Å². The predicted octanol–water partition coefficient (Wildman–Crippen LogP) is 7.10. The molecule has 3 unspecified atom stereocenters. The number of imide groups is 1. The summed E-state index contributed by atoms with van der Waals surface area (Å²) in [7, 11) is 1.88. The standard InChI is InChI=1S/C58H63N11O7S/c1-35-29-40(14-16-41(35)42-17-19-50(60-54(42)57(74)75)68-23-21-38-9-7-10-43(46(38)33-68)55(72)62-58-59-47-11-5-6-12-49(47)77-58)76-28-8-22-65-31-36(2)69(37(3)32-65)34-52(71)67-26-24-66(25-27-67)39-13-15-44-48(30-39)64(4)63-53(44)45-18-20-51(70)61-56(45)73/h5-7,9-17,19,29-30,36-37,45H,8,18,20-28,31-34H2,1-4H3,(H,74,75)(H,59,62,72)(H,61,70,73). The number of aromatic carboxylic acids is 1. The first kappa shape index (κ1) is 51.4. The lowest BCUT2D eigenvalue weighted by molar-refractivity contribution is -0.135. The van der Waals surface area contributed by atoms with Crippen molar-refractivity contribution in [1.82, 2.24) is 39.8 Å². The van der Waals surface area contributed by atoms with Gasteiger partial charge in [0.1, 0.15) is 11.6 Å². The maximum Gasteiger partial charge on any atom is 0.355 e. The third kappa shape index (κ3) is 10.7. The lowest BCUT2D eigenvalue weighted by Crippen LogP contribution is -2.60. The van der Waals surface area contributed by atoms with Crippen LogP contribution in [0.25, 0.3) is 32.2 Å². The van der Waals surface area contributed by atoms with E-state index in [9.17, 15) is 29.1 Å². The van der Waals surface area contributed by atoms with Gasteiger partial charge in [-0.3, -0.25) is 39.4 Å². The minimum atomic E-state index is -1.12. The second-order valence-corrected chi connectivity index (χ2v) is 21.8. The molecular formula is C58H63N11O7S. The molecule has 7 heterocycles. The lowest BCUT2D eigenvalue weighted by atomic mass is 9.93. The van der Waals surface area contributed by atoms with E-state index in [2.05, 4.69) is 56.3 Å². The van der Waals surface area contributed by atoms with Crippen LogP contribution in [0.15, 0.2) is 91.0 Å². The van der Waals surface area contributed by atoms with Gasteiger partial charge in [-0.1, -0.05) is 41.7 Å². The number of carboxylic acid groups (broad SMARTS) is 1. The molecule has 0 bridgehead atoms. The van der Waals surface area contributed by atoms with Crippen LogP contribution in [0.5, 0.6) is 5.75 Å². The Labute approximate surface area is 450 Å². The van der Waals surface area contributed by atoms with Crippen molar-refractivity contribution in [2.75, 3.05) is 80.6 Å². The number of piperazine rings is 2. The average Bonchev–Trinajstić information content (AvgIpc) is 4.08. The van der Waals surface area contributed by atoms with Gasteiger partial charge in [0.15, 0.2) is 10.8 Å². The number of thiazole rings is 1. The number of nitrogens with zero attached hydrogens (tertiary/aromatic N) is 9. The Morgan fingerprint density at radius 3 is 2.42 bits per heavy atom. The number of hydrogen-bond donors (Lipinski definition) is 3. The molecule has 0 saturated carbocycles. The molecule has 4 aromatic carbocycles. The van der Waals surface area contributed by atoms with Gasteiger partial charge in [-0.2, -0.15) is 5.10 Å². The number of aromatic nitrogens is 4. The van der Waals surface area contributed by atoms with Crippen LogP contribution < -0.4 is 25.2 Å². The molecule has 4 aliphatic rings. The van der Waals surface area contributed by atoms with Crippen molar-refractivity contribution in [2.24, 2.45) is 7.05 Å². The van der Waals surface area contributed by atoms with Crippen LogP contribution in [0.1, 0.15) is 82.3 Å². The number of fused-ring (bicyclic) bond motifs is 3. The van der Waals surface area contributed by atoms with Gasteiger partial charge in [-0.15, -0.1) is 0 Å². The van der Waals surface area contributed by atoms with Crippen LogP contribution in [-0.4, -0.2) is 147 Å². The Kier molecular flexibility index (Phi) is 14.5. The van der Waals surface area contributed by atoms with Crippen molar-refractivity contribution >= 4 is 78.7 Å². The van der Waals surface area contributed by atoms with Gasteiger partial charge >= 0.3 is 5.97 Å². The molecule has 398 valence electrons. The molecule has 3 atom stereocenters. The minimum Gasteiger partial charge on any atom is -0.494 e. The molecule has 11 rings (SSSR count). The van der Waals surface area contributed by atoms with E-state index in [4.69, 9.17) is 14.8 Å². The highest BCUT2D eigenvalue weighted by molar-refractivity contribution is 7.22. The molecule has 0 aliphatic carbocycles. The monoisotopic (exact) mass is 1060 g/mol. The number of rotatable bonds is 14. The van der Waals surface area contributed by atoms with E-state index in [1.54, 1.807) is 4.68 Å². The normalized spacial score (nSPS) is 19.4. The second kappa shape index (κ2) is 21.7. The number of amides is 4. The Morgan fingerprint density at radius 2 is 1.65 bits per heavy atom. The number of anilines is 3. The van der Waals surface area contributed by atoms with Gasteiger partial charge in [0.05, 0.1) is 40.5 Å². The smallest absolute Gasteiger partial charge is 0.355 e. The van der Waals surface area contributed by atoms with Crippen LogP contribution in [0, 0.1) is 6.92 Å². The third-order valence-corrected chi connectivity index (χ3v) is 16.7. The summed E-state index contributed by atoms with van der Waals surface area (Å²) >= 11 is 1.43. The van der Waals surface area contributed by atoms with Crippen molar-refractivity contribution < 1.29 is 33.8 Å². The van der Waals surface area contributed by atoms with E-state index in [1.165, 1.54) is 11.3 Å². The first-order valence-corrected chi connectivity index (χ1v) is 27.4. The maximum atomic E-state index is 13.7. The SMILES string of the molecule is Cc1cc(OCCCN2CC(C)N(CC(=O)N3CCN(c4ccc5c(C6CCC(=O)NC6=O)nn(C)c5c4)CC3)C(C)C2)ccc1-c1ccc(N2CCc3cccc(C(=O)Nc4nc5ccccc5s4)c3C2)nc1C(=O)O. The topological polar surface area (TPSA) is 199 Å². The van der Waals surface area contributed by atoms with Crippen molar-refractivity contribution in [2.45, 2.75) is 71.0 Å². The summed E-state index contributed by atoms with van der Waals surface area (Å²) in [5.41, 5.74) is 8.13. The number of nitrogens with one attached hydrogen (secondary N) is 2. The number of carbonyl (C=O) groups excluding carboxylic acids is 4. The summed E-state index contributed by atoms with van der Waals surface area (Å²) in [5.74, 6) is -0.950. The fourth-order valence-corrected chi connectivity index (χ4v) is 12.6. The number of piperidine rings is 1. The summed E-state index contributed by atoms with van der Waals surface area (Å²) in [5, 5.41) is 22.0. The first-order chi connectivity index (χ1) is 37.2. The van der Waals surface area contributed by atoms with E-state index in [0.717, 1.165) is 75.1 Å². The van der Waals surface area contributed by atoms with E-state index in [0.29, 0.717) is 105 Å². The van der Waals surface area contributed by atoms with Gasteiger partial charge < -0.3 is 29.4 Å². The van der Waals surface area contributed by atoms with Crippen molar-refractivity contribution in [3.05, 3.63) is 125 Å². The molecule has 3 aromatic heterocycles. The molecule has 4 amide bonds. The van der Waals surface area contributed by atoms with Gasteiger partial charge in [-0.25, -0.2) is 14.8 Å². The summed E-state index contributed by atoms with van der Waals surface area (Å²) in [6.45, 7) is 13.6. The molecule has 0 radical (unpaired) electrons. The van der Waals surface area contributed by atoms with Crippen molar-refractivity contribution in [3.63, 3.8) is 0 Å². The van der Waals surface area contributed by atoms with E-state index >= 15 is 0 Å². The molecule has 77 heavy (non-hydrogen) atoms. The first-order valence-electron chi connectivity index (χ1n) is 26.6. The molecule has 19 heteroatoms. The van der Waals surface area contributed by atoms with Gasteiger partial charge in [0.2, 0.25) is 17.7 Å². The van der Waals surface area contributed by atoms with E-state index in [1.807, 2.05) is 103 Å². The Balaban J connectivity index is 0.643. The fourth-order valence-electron chi connectivity index (χ4n) is 11.7. The Hall–Kier alpha value is -7.74. The highest BCUT2D eigenvalue weighted by Crippen LogP contribution is 2.35. The van der Waals surface area contributed by atoms with Gasteiger partial charge in [0, 0.05) is 107 Å². The second-order valence-electron chi connectivity index (χ2n) is 20.8. The zero-order chi connectivity index (χ0) is 53.5. The summed E-state index contributed by atoms with van der Waals surface area (Å²) in [6.07, 6.45) is 2.26. The number of aryl methyl sites for hydroxylation is 2. The molecule has 4 aliphatic heterocycles. The summed E-state index contributed by atoms with van der Waals surface area (Å²) in [6, 6.07) is 29.5. The number of carboxylic acids is 1. The minimum absolute atomic E-state index is 0.0413. The molecular weight excluding hydrogens is 995 g/mol. The Bertz CT molecular complexity index is 3400. The number of hydrogen-bond acceptors (Lipinski definition) is 14. The number of benzene rings is 4. The molecule has 7 aromatic rings. The fraction of sp³-hybridized carbons (Fsp3) is 0.379. The van der Waals surface area contributed by atoms with Crippen LogP contribution in [-0.2, 0) is 34.4 Å². The molecule has 0 spiro atoms. The van der Waals surface area contributed by atoms with Gasteiger partial charge in [-0.05, 0) is 123 Å². The van der Waals surface area contributed by atoms with E-state index in [-0.39, 0.29) is 41.4 Å². The van der Waals surface area contributed by atoms with E-state index < -0.39 is 11.9 Å². The van der Waals surface area contributed by atoms with Crippen molar-refractivity contribution in [1.29, 1.82) is 0 Å². The van der Waals surface area contributed by atoms with Gasteiger partial charge in [0.25, 0.3) is 5.91 Å². The highest BCUT2D eigenvalue weighted by Gasteiger charge is 2.34. The Morgan fingerprint density at radius 1 is 0.857 bits per heavy atom. The number of pyridine rings is 1. The zero-order valence-corrected chi connectivity index (χ0v) is 44.6. The van der Waals surface area contributed by atoms with Crippen LogP contribution >= 0.6 is 11.3 Å². The summed E-state index contributed by atoms with van der Waals surface area (Å²) in [4.78, 5) is 84.9. The highest BCUT2D eigenvalue weighted by atomic mass is 32.1. The average molecular weight is 1060 g/mol. The summed E-state index contributed by atoms with van der Waals surface area (Å²) < 4.78 is 9.04. The third-order valence-electron chi connectivity index (χ3n) is 15.7. The molecule has 3 fully saturated rings. The number of ether oxygens (including phenoxy) is 1. The zero-order valence-electron chi connectivity index (χ0n) is 43.8. The maximum absolute atomic E-state index is 13.7. The number of para-hydroxylation sites is 1. The van der Waals surface area contributed by atoms with Crippen LogP contribution in [0.4, 0.5) is 16.6 Å². The largest absolute Gasteiger partial charge is 0.494 e. The van der Waals surface area contributed by atoms with Crippen LogP contribution in [0.3, 0.4) is 0 Å². The molecule has 18 nitrogen and oxygen atoms in total. The number of carbonyl (C=O) groups is 5. The van der Waals surface area contributed by atoms with Crippen LogP contribution in [0.2, 0.25) is 0 Å². The predicted molar refractivity (Wildman–Crippen MR) is 297 cm³/mol. The quantitative estimate of drug-likeness (QED) is 0.0736. The molecule has 3 saturated heterocycles.